The first-order valence-corrected chi connectivity index (χ1v) is 9.27. The van der Waals surface area contributed by atoms with E-state index in [-0.39, 0.29) is 11.5 Å². The number of piperidine rings is 1. The molecule has 1 saturated heterocycles. The molecule has 0 spiro atoms. The molecule has 1 aliphatic heterocycles. The molecule has 0 atom stereocenters. The molecule has 3 rings (SSSR count). The minimum Gasteiger partial charge on any atom is -0.353 e. The summed E-state index contributed by atoms with van der Waals surface area (Å²) >= 11 is 0. The summed E-state index contributed by atoms with van der Waals surface area (Å²) < 4.78 is 1.60. The van der Waals surface area contributed by atoms with Crippen LogP contribution in [-0.4, -0.2) is 34.5 Å². The van der Waals surface area contributed by atoms with E-state index in [0.29, 0.717) is 18.4 Å². The SMILES string of the molecule is Cn1ccc(CN2CCC(CC(=O)NC3CCCC3)CC2)cc1=O. The molecule has 0 radical (unpaired) electrons. The molecule has 1 N–H and O–H groups in total. The van der Waals surface area contributed by atoms with Crippen molar-refractivity contribution in [3.05, 3.63) is 34.2 Å². The number of amides is 1. The lowest BCUT2D eigenvalue weighted by Gasteiger charge is -2.31. The number of pyridine rings is 1. The van der Waals surface area contributed by atoms with Crippen LogP contribution < -0.4 is 10.9 Å². The number of aryl methyl sites for hydroxylation is 1. The van der Waals surface area contributed by atoms with Crippen molar-refractivity contribution in [3.63, 3.8) is 0 Å². The molecule has 1 aliphatic carbocycles. The number of rotatable bonds is 5. The van der Waals surface area contributed by atoms with E-state index >= 15 is 0 Å². The first-order chi connectivity index (χ1) is 11.6. The van der Waals surface area contributed by atoms with E-state index in [2.05, 4.69) is 10.2 Å². The summed E-state index contributed by atoms with van der Waals surface area (Å²) in [6.07, 6.45) is 9.47. The number of nitrogens with zero attached hydrogens (tertiary/aromatic N) is 2. The van der Waals surface area contributed by atoms with Gasteiger partial charge in [-0.2, -0.15) is 0 Å². The number of likely N-dealkylation sites (tertiary alicyclic amines) is 1. The third kappa shape index (κ3) is 4.69. The number of nitrogens with one attached hydrogen (secondary N) is 1. The molecule has 132 valence electrons. The maximum Gasteiger partial charge on any atom is 0.250 e. The molecule has 5 heteroatoms. The van der Waals surface area contributed by atoms with E-state index < -0.39 is 0 Å². The van der Waals surface area contributed by atoms with Gasteiger partial charge >= 0.3 is 0 Å². The molecular formula is C19H29N3O2. The third-order valence-corrected chi connectivity index (χ3v) is 5.48. The number of aromatic nitrogens is 1. The van der Waals surface area contributed by atoms with Crippen LogP contribution in [0.3, 0.4) is 0 Å². The second-order valence-corrected chi connectivity index (χ2v) is 7.46. The Morgan fingerprint density at radius 2 is 1.92 bits per heavy atom. The van der Waals surface area contributed by atoms with Crippen molar-refractivity contribution in [1.29, 1.82) is 0 Å². The van der Waals surface area contributed by atoms with E-state index in [0.717, 1.165) is 50.9 Å². The van der Waals surface area contributed by atoms with Gasteiger partial charge in [0.1, 0.15) is 0 Å². The Kier molecular flexibility index (Phi) is 5.72. The van der Waals surface area contributed by atoms with E-state index in [1.165, 1.54) is 12.8 Å². The molecule has 24 heavy (non-hydrogen) atoms. The van der Waals surface area contributed by atoms with Crippen molar-refractivity contribution in [2.75, 3.05) is 13.1 Å². The molecule has 1 aromatic rings. The minimum atomic E-state index is 0.0472. The van der Waals surface area contributed by atoms with Crippen molar-refractivity contribution in [2.45, 2.75) is 57.5 Å². The third-order valence-electron chi connectivity index (χ3n) is 5.48. The topological polar surface area (TPSA) is 54.3 Å². The van der Waals surface area contributed by atoms with Crippen LogP contribution in [0.2, 0.25) is 0 Å². The molecule has 1 aromatic heterocycles. The monoisotopic (exact) mass is 331 g/mol. The van der Waals surface area contributed by atoms with E-state index in [9.17, 15) is 9.59 Å². The van der Waals surface area contributed by atoms with Crippen LogP contribution >= 0.6 is 0 Å². The number of carbonyl (C=O) groups is 1. The van der Waals surface area contributed by atoms with Gasteiger partial charge in [-0.3, -0.25) is 14.5 Å². The van der Waals surface area contributed by atoms with Gasteiger partial charge in [0, 0.05) is 38.3 Å². The summed E-state index contributed by atoms with van der Waals surface area (Å²) in [6, 6.07) is 4.17. The Bertz CT molecular complexity index is 611. The van der Waals surface area contributed by atoms with Crippen molar-refractivity contribution in [1.82, 2.24) is 14.8 Å². The van der Waals surface area contributed by atoms with Crippen LogP contribution in [0.5, 0.6) is 0 Å². The molecule has 2 fully saturated rings. The zero-order chi connectivity index (χ0) is 16.9. The first kappa shape index (κ1) is 17.2. The zero-order valence-electron chi connectivity index (χ0n) is 14.7. The van der Waals surface area contributed by atoms with Crippen molar-refractivity contribution < 1.29 is 4.79 Å². The maximum absolute atomic E-state index is 12.1. The van der Waals surface area contributed by atoms with E-state index in [4.69, 9.17) is 0 Å². The summed E-state index contributed by atoms with van der Waals surface area (Å²) in [6.45, 7) is 2.85. The Balaban J connectivity index is 1.41. The van der Waals surface area contributed by atoms with Crippen LogP contribution in [0.15, 0.2) is 23.1 Å². The molecule has 0 unspecified atom stereocenters. The summed E-state index contributed by atoms with van der Waals surface area (Å²) in [5.41, 5.74) is 1.13. The van der Waals surface area contributed by atoms with Gasteiger partial charge in [-0.25, -0.2) is 0 Å². The lowest BCUT2D eigenvalue weighted by atomic mass is 9.93. The maximum atomic E-state index is 12.1. The van der Waals surface area contributed by atoms with Gasteiger partial charge < -0.3 is 9.88 Å². The van der Waals surface area contributed by atoms with Gasteiger partial charge in [0.15, 0.2) is 0 Å². The fraction of sp³-hybridized carbons (Fsp3) is 0.684. The summed E-state index contributed by atoms with van der Waals surface area (Å²) in [4.78, 5) is 26.2. The van der Waals surface area contributed by atoms with Crippen molar-refractivity contribution >= 4 is 5.91 Å². The average molecular weight is 331 g/mol. The standard InChI is InChI=1S/C19H29N3O2/c1-21-9-6-16(13-19(21)24)14-22-10-7-15(8-11-22)12-18(23)20-17-4-2-3-5-17/h6,9,13,15,17H,2-5,7-8,10-12,14H2,1H3,(H,20,23). The first-order valence-electron chi connectivity index (χ1n) is 9.27. The van der Waals surface area contributed by atoms with Crippen LogP contribution in [-0.2, 0) is 18.4 Å². The predicted molar refractivity (Wildman–Crippen MR) is 94.7 cm³/mol. The zero-order valence-corrected chi connectivity index (χ0v) is 14.7. The van der Waals surface area contributed by atoms with E-state index in [1.54, 1.807) is 17.7 Å². The average Bonchev–Trinajstić information content (AvgIpc) is 3.06. The van der Waals surface area contributed by atoms with Crippen molar-refractivity contribution in [2.24, 2.45) is 13.0 Å². The molecule has 1 saturated carbocycles. The van der Waals surface area contributed by atoms with Gasteiger partial charge in [-0.15, -0.1) is 0 Å². The lowest BCUT2D eigenvalue weighted by molar-refractivity contribution is -0.123. The van der Waals surface area contributed by atoms with Crippen LogP contribution in [0.25, 0.3) is 0 Å². The number of hydrogen-bond acceptors (Lipinski definition) is 3. The van der Waals surface area contributed by atoms with Gasteiger partial charge in [0.25, 0.3) is 5.56 Å². The largest absolute Gasteiger partial charge is 0.353 e. The van der Waals surface area contributed by atoms with E-state index in [1.807, 2.05) is 12.3 Å². The second-order valence-electron chi connectivity index (χ2n) is 7.46. The van der Waals surface area contributed by atoms with Crippen LogP contribution in [0.4, 0.5) is 0 Å². The predicted octanol–water partition coefficient (Wildman–Crippen LogP) is 2.05. The van der Waals surface area contributed by atoms with Crippen molar-refractivity contribution in [3.8, 4) is 0 Å². The molecule has 2 heterocycles. The smallest absolute Gasteiger partial charge is 0.250 e. The van der Waals surface area contributed by atoms with Crippen LogP contribution in [0, 0.1) is 5.92 Å². The highest BCUT2D eigenvalue weighted by Gasteiger charge is 2.23. The Morgan fingerprint density at radius 1 is 1.21 bits per heavy atom. The summed E-state index contributed by atoms with van der Waals surface area (Å²) in [5.74, 6) is 0.748. The second kappa shape index (κ2) is 7.97. The van der Waals surface area contributed by atoms with Gasteiger partial charge in [-0.05, 0) is 56.3 Å². The molecule has 2 aliphatic rings. The quantitative estimate of drug-likeness (QED) is 0.898. The van der Waals surface area contributed by atoms with Crippen LogP contribution in [0.1, 0.15) is 50.5 Å². The fourth-order valence-corrected chi connectivity index (χ4v) is 3.91. The van der Waals surface area contributed by atoms with Gasteiger partial charge in [-0.1, -0.05) is 12.8 Å². The summed E-state index contributed by atoms with van der Waals surface area (Å²) in [5, 5.41) is 3.20. The normalized spacial score (nSPS) is 20.4. The molecule has 0 bridgehead atoms. The fourth-order valence-electron chi connectivity index (χ4n) is 3.91. The Labute approximate surface area is 144 Å². The molecular weight excluding hydrogens is 302 g/mol. The highest BCUT2D eigenvalue weighted by molar-refractivity contribution is 5.76. The minimum absolute atomic E-state index is 0.0472. The molecule has 1 amide bonds. The summed E-state index contributed by atoms with van der Waals surface area (Å²) in [7, 11) is 1.77. The Hall–Kier alpha value is -1.62. The lowest BCUT2D eigenvalue weighted by Crippen LogP contribution is -2.37. The van der Waals surface area contributed by atoms with Gasteiger partial charge in [0.2, 0.25) is 5.91 Å². The van der Waals surface area contributed by atoms with Gasteiger partial charge in [0.05, 0.1) is 0 Å². The molecule has 0 aromatic carbocycles. The number of carbonyl (C=O) groups excluding carboxylic acids is 1. The highest BCUT2D eigenvalue weighted by Crippen LogP contribution is 2.23. The molecule has 5 nitrogen and oxygen atoms in total. The highest BCUT2D eigenvalue weighted by atomic mass is 16.1. The Morgan fingerprint density at radius 3 is 2.58 bits per heavy atom. The number of hydrogen-bond donors (Lipinski definition) is 1.